The molecule has 4 rings (SSSR count). The summed E-state index contributed by atoms with van der Waals surface area (Å²) in [6.45, 7) is 11.1. The third-order valence-electron chi connectivity index (χ3n) is 9.13. The van der Waals surface area contributed by atoms with Crippen LogP contribution in [0.4, 0.5) is 10.5 Å². The SMILES string of the molecule is CNC(C)C(=O)OC1CC(=O)N(C)c2cc(cc(C)c2Cl)C/C(C)=C/C=C/C(C)C2(O)CC(OC(=O)N2)C(C)C2OC12C. The van der Waals surface area contributed by atoms with E-state index in [2.05, 4.69) is 10.6 Å². The van der Waals surface area contributed by atoms with Crippen molar-refractivity contribution in [1.82, 2.24) is 10.6 Å². The fraction of sp³-hybridized carbons (Fsp3) is 0.594. The minimum absolute atomic E-state index is 0.122. The molecule has 3 aliphatic heterocycles. The lowest BCUT2D eigenvalue weighted by atomic mass is 9.82. The first-order valence-electron chi connectivity index (χ1n) is 14.8. The number of aliphatic hydroxyl groups is 1. The van der Waals surface area contributed by atoms with Crippen molar-refractivity contribution in [2.75, 3.05) is 19.0 Å². The Labute approximate surface area is 258 Å². The van der Waals surface area contributed by atoms with E-state index in [1.54, 1.807) is 27.9 Å². The van der Waals surface area contributed by atoms with Crippen LogP contribution in [0.1, 0.15) is 58.6 Å². The van der Waals surface area contributed by atoms with Crippen molar-refractivity contribution in [1.29, 1.82) is 0 Å². The molecule has 11 heteroatoms. The Hall–Kier alpha value is -2.92. The van der Waals surface area contributed by atoms with E-state index in [0.717, 1.165) is 16.7 Å². The maximum absolute atomic E-state index is 13.8. The van der Waals surface area contributed by atoms with Gasteiger partial charge in [-0.1, -0.05) is 55.3 Å². The van der Waals surface area contributed by atoms with Crippen LogP contribution in [0.3, 0.4) is 0 Å². The quantitative estimate of drug-likeness (QED) is 0.340. The van der Waals surface area contributed by atoms with E-state index in [4.69, 9.17) is 25.8 Å². The Balaban J connectivity index is 1.76. The van der Waals surface area contributed by atoms with E-state index in [-0.39, 0.29) is 24.7 Å². The number of ether oxygens (including phenoxy) is 3. The number of hydrogen-bond donors (Lipinski definition) is 3. The zero-order chi connectivity index (χ0) is 31.9. The van der Waals surface area contributed by atoms with Crippen molar-refractivity contribution >= 4 is 35.3 Å². The van der Waals surface area contributed by atoms with E-state index in [1.165, 1.54) is 4.90 Å². The normalized spacial score (nSPS) is 35.9. The van der Waals surface area contributed by atoms with Gasteiger partial charge in [-0.05, 0) is 58.4 Å². The molecule has 3 heterocycles. The van der Waals surface area contributed by atoms with Gasteiger partial charge in [-0.2, -0.15) is 0 Å². The van der Waals surface area contributed by atoms with Crippen LogP contribution >= 0.6 is 11.6 Å². The van der Waals surface area contributed by atoms with Crippen molar-refractivity contribution in [3.8, 4) is 0 Å². The maximum atomic E-state index is 13.8. The first-order valence-corrected chi connectivity index (χ1v) is 15.1. The third kappa shape index (κ3) is 6.93. The van der Waals surface area contributed by atoms with Crippen LogP contribution in [0.25, 0.3) is 0 Å². The average molecular weight is 618 g/mol. The van der Waals surface area contributed by atoms with Crippen molar-refractivity contribution in [3.05, 3.63) is 52.1 Å². The van der Waals surface area contributed by atoms with Gasteiger partial charge in [0.05, 0.1) is 23.2 Å². The second-order valence-electron chi connectivity index (χ2n) is 12.5. The number of likely N-dealkylation sites (N-methyl/N-ethyl adjacent to an activating group) is 1. The van der Waals surface area contributed by atoms with Crippen LogP contribution in [-0.4, -0.2) is 72.9 Å². The molecule has 8 unspecified atom stereocenters. The van der Waals surface area contributed by atoms with Gasteiger partial charge in [0, 0.05) is 25.3 Å². The van der Waals surface area contributed by atoms with Gasteiger partial charge in [0.2, 0.25) is 5.91 Å². The summed E-state index contributed by atoms with van der Waals surface area (Å²) in [5.74, 6) is -1.64. The molecule has 1 aromatic carbocycles. The highest BCUT2D eigenvalue weighted by atomic mass is 35.5. The summed E-state index contributed by atoms with van der Waals surface area (Å²) in [6, 6.07) is 3.28. The van der Waals surface area contributed by atoms with Crippen LogP contribution < -0.4 is 15.5 Å². The topological polar surface area (TPSA) is 130 Å². The molecule has 0 radical (unpaired) electrons. The van der Waals surface area contributed by atoms with Crippen molar-refractivity contribution in [2.24, 2.45) is 11.8 Å². The molecule has 2 saturated heterocycles. The number of carbonyl (C=O) groups is 3. The predicted molar refractivity (Wildman–Crippen MR) is 164 cm³/mol. The zero-order valence-electron chi connectivity index (χ0n) is 26.2. The lowest BCUT2D eigenvalue weighted by Gasteiger charge is -2.41. The van der Waals surface area contributed by atoms with Crippen LogP contribution in [0, 0.1) is 18.8 Å². The van der Waals surface area contributed by atoms with Gasteiger partial charge in [-0.3, -0.25) is 14.9 Å². The third-order valence-corrected chi connectivity index (χ3v) is 9.63. The molecule has 2 fully saturated rings. The number of hydrogen-bond acceptors (Lipinski definition) is 8. The number of rotatable bonds is 3. The van der Waals surface area contributed by atoms with Gasteiger partial charge in [0.15, 0.2) is 0 Å². The second kappa shape index (κ2) is 12.6. The summed E-state index contributed by atoms with van der Waals surface area (Å²) in [7, 11) is 3.30. The minimum atomic E-state index is -1.55. The summed E-state index contributed by atoms with van der Waals surface area (Å²) >= 11 is 6.70. The van der Waals surface area contributed by atoms with Crippen LogP contribution in [0.5, 0.6) is 0 Å². The van der Waals surface area contributed by atoms with E-state index in [9.17, 15) is 19.5 Å². The lowest BCUT2D eigenvalue weighted by Crippen LogP contribution is -2.60. The molecule has 10 nitrogen and oxygen atoms in total. The van der Waals surface area contributed by atoms with Crippen LogP contribution in [-0.2, 0) is 30.2 Å². The number of nitrogens with zero attached hydrogens (tertiary/aromatic N) is 1. The molecular weight excluding hydrogens is 574 g/mol. The number of amides is 2. The molecule has 236 valence electrons. The number of carbonyl (C=O) groups excluding carboxylic acids is 3. The number of nitrogens with one attached hydrogen (secondary N) is 2. The second-order valence-corrected chi connectivity index (χ2v) is 12.9. The smallest absolute Gasteiger partial charge is 0.409 e. The summed E-state index contributed by atoms with van der Waals surface area (Å²) < 4.78 is 17.7. The van der Waals surface area contributed by atoms with Gasteiger partial charge in [-0.25, -0.2) is 4.79 Å². The Morgan fingerprint density at radius 2 is 1.98 bits per heavy atom. The van der Waals surface area contributed by atoms with Gasteiger partial charge < -0.3 is 29.5 Å². The molecule has 3 N–H and O–H groups in total. The number of alkyl carbamates (subject to hydrolysis) is 1. The molecule has 0 spiro atoms. The standard InChI is InChI=1S/C32H44ClN3O7/c1-17-10-9-11-19(3)32(40)16-24(41-30(39)35-32)20(4)28-31(6,43-28)25(42-29(38)21(5)34-7)15-26(37)36(8)23-14-22(12-17)13-18(2)27(23)33/h9-11,13-14,19-21,24-25,28,34,40H,12,15-16H2,1-8H3,(H,35,39)/b11-9+,17-10+. The Morgan fingerprint density at radius 1 is 1.28 bits per heavy atom. The summed E-state index contributed by atoms with van der Waals surface area (Å²) in [5, 5.41) is 17.5. The van der Waals surface area contributed by atoms with E-state index in [1.807, 2.05) is 58.1 Å². The monoisotopic (exact) mass is 617 g/mol. The summed E-state index contributed by atoms with van der Waals surface area (Å²) in [4.78, 5) is 40.8. The Kier molecular flexibility index (Phi) is 9.66. The number of allylic oxidation sites excluding steroid dienone is 3. The minimum Gasteiger partial charge on any atom is -0.457 e. The number of halogens is 1. The molecule has 3 aliphatic rings. The molecule has 4 bridgehead atoms. The number of anilines is 1. The first kappa shape index (κ1) is 33.0. The number of epoxide rings is 1. The van der Waals surface area contributed by atoms with Crippen molar-refractivity contribution in [3.63, 3.8) is 0 Å². The fourth-order valence-corrected chi connectivity index (χ4v) is 6.14. The van der Waals surface area contributed by atoms with Gasteiger partial charge in [0.25, 0.3) is 0 Å². The van der Waals surface area contributed by atoms with Crippen LogP contribution in [0.15, 0.2) is 35.9 Å². The van der Waals surface area contributed by atoms with E-state index in [0.29, 0.717) is 17.1 Å². The molecule has 1 aromatic rings. The summed E-state index contributed by atoms with van der Waals surface area (Å²) in [5.41, 5.74) is 0.833. The number of fused-ring (bicyclic) bond motifs is 5. The molecule has 0 aromatic heterocycles. The molecule has 0 aliphatic carbocycles. The molecule has 2 amide bonds. The van der Waals surface area contributed by atoms with Crippen LogP contribution in [0.2, 0.25) is 5.02 Å². The predicted octanol–water partition coefficient (Wildman–Crippen LogP) is 4.20. The first-order chi connectivity index (χ1) is 20.1. The highest BCUT2D eigenvalue weighted by Crippen LogP contribution is 2.49. The van der Waals surface area contributed by atoms with Crippen molar-refractivity contribution in [2.45, 2.75) is 96.5 Å². The zero-order valence-corrected chi connectivity index (χ0v) is 26.9. The largest absolute Gasteiger partial charge is 0.457 e. The molecule has 0 saturated carbocycles. The average Bonchev–Trinajstić information content (AvgIpc) is 3.64. The Morgan fingerprint density at radius 3 is 2.65 bits per heavy atom. The highest BCUT2D eigenvalue weighted by Gasteiger charge is 2.64. The summed E-state index contributed by atoms with van der Waals surface area (Å²) in [6.07, 6.45) is 3.40. The van der Waals surface area contributed by atoms with Crippen molar-refractivity contribution < 1.29 is 33.7 Å². The Bertz CT molecular complexity index is 1330. The van der Waals surface area contributed by atoms with Gasteiger partial charge >= 0.3 is 12.1 Å². The molecule has 8 atom stereocenters. The fourth-order valence-electron chi connectivity index (χ4n) is 5.91. The number of esters is 1. The molecular formula is C32H44ClN3O7. The van der Waals surface area contributed by atoms with Gasteiger partial charge in [0.1, 0.15) is 29.6 Å². The maximum Gasteiger partial charge on any atom is 0.409 e. The lowest BCUT2D eigenvalue weighted by molar-refractivity contribution is -0.155. The molecule has 43 heavy (non-hydrogen) atoms. The highest BCUT2D eigenvalue weighted by molar-refractivity contribution is 6.34. The van der Waals surface area contributed by atoms with E-state index < -0.39 is 53.7 Å². The number of aryl methyl sites for hydroxylation is 1. The number of benzene rings is 1. The van der Waals surface area contributed by atoms with Gasteiger partial charge in [-0.15, -0.1) is 0 Å². The van der Waals surface area contributed by atoms with E-state index >= 15 is 0 Å².